The summed E-state index contributed by atoms with van der Waals surface area (Å²) in [5, 5.41) is 3.95. The lowest BCUT2D eigenvalue weighted by atomic mass is 10.1. The first-order chi connectivity index (χ1) is 10.8. The van der Waals surface area contributed by atoms with Crippen molar-refractivity contribution in [1.82, 2.24) is 14.6 Å². The standard InChI is InChI=1S/C17H15N3O2/c21-17(20-9-6-16-14(11-20)12-22-18-16)13-4-3-5-15(10-13)19-7-1-2-8-19/h1-5,7-8,10,12H,6,9,11H2. The van der Waals surface area contributed by atoms with Crippen LogP contribution in [0.2, 0.25) is 0 Å². The zero-order valence-corrected chi connectivity index (χ0v) is 12.0. The summed E-state index contributed by atoms with van der Waals surface area (Å²) >= 11 is 0. The zero-order valence-electron chi connectivity index (χ0n) is 12.0. The molecule has 1 aliphatic heterocycles. The second kappa shape index (κ2) is 5.18. The number of nitrogens with zero attached hydrogens (tertiary/aromatic N) is 3. The van der Waals surface area contributed by atoms with Crippen LogP contribution in [0.25, 0.3) is 5.69 Å². The molecule has 0 atom stereocenters. The molecule has 1 aromatic carbocycles. The molecule has 5 heteroatoms. The van der Waals surface area contributed by atoms with Crippen molar-refractivity contribution in [2.24, 2.45) is 0 Å². The molecule has 0 N–H and O–H groups in total. The van der Waals surface area contributed by atoms with E-state index in [0.29, 0.717) is 18.7 Å². The number of amides is 1. The van der Waals surface area contributed by atoms with Gasteiger partial charge in [0, 0.05) is 42.2 Å². The summed E-state index contributed by atoms with van der Waals surface area (Å²) in [5.41, 5.74) is 3.65. The van der Waals surface area contributed by atoms with Crippen molar-refractivity contribution in [1.29, 1.82) is 0 Å². The van der Waals surface area contributed by atoms with E-state index >= 15 is 0 Å². The molecule has 0 radical (unpaired) electrons. The van der Waals surface area contributed by atoms with Crippen molar-refractivity contribution in [3.8, 4) is 5.69 Å². The number of fused-ring (bicyclic) bond motifs is 1. The van der Waals surface area contributed by atoms with Crippen LogP contribution < -0.4 is 0 Å². The quantitative estimate of drug-likeness (QED) is 0.730. The number of hydrogen-bond acceptors (Lipinski definition) is 3. The maximum Gasteiger partial charge on any atom is 0.254 e. The summed E-state index contributed by atoms with van der Waals surface area (Å²) in [6.45, 7) is 1.23. The molecular formula is C17H15N3O2. The maximum atomic E-state index is 12.7. The molecule has 1 amide bonds. The first-order valence-corrected chi connectivity index (χ1v) is 7.26. The van der Waals surface area contributed by atoms with Gasteiger partial charge in [-0.25, -0.2) is 0 Å². The molecule has 110 valence electrons. The molecule has 4 rings (SSSR count). The van der Waals surface area contributed by atoms with Gasteiger partial charge in [0.25, 0.3) is 5.91 Å². The molecule has 1 aliphatic rings. The Morgan fingerprint density at radius 1 is 1.18 bits per heavy atom. The van der Waals surface area contributed by atoms with E-state index in [2.05, 4.69) is 5.16 Å². The van der Waals surface area contributed by atoms with Gasteiger partial charge in [-0.05, 0) is 30.3 Å². The van der Waals surface area contributed by atoms with Crippen molar-refractivity contribution in [2.45, 2.75) is 13.0 Å². The average molecular weight is 293 g/mol. The summed E-state index contributed by atoms with van der Waals surface area (Å²) in [6.07, 6.45) is 6.31. The van der Waals surface area contributed by atoms with Crippen LogP contribution in [-0.2, 0) is 13.0 Å². The predicted molar refractivity (Wildman–Crippen MR) is 80.7 cm³/mol. The summed E-state index contributed by atoms with van der Waals surface area (Å²) in [6, 6.07) is 11.6. The Balaban J connectivity index is 1.60. The topological polar surface area (TPSA) is 51.3 Å². The van der Waals surface area contributed by atoms with Crippen LogP contribution in [0.3, 0.4) is 0 Å². The van der Waals surface area contributed by atoms with Crippen LogP contribution in [-0.4, -0.2) is 27.1 Å². The smallest absolute Gasteiger partial charge is 0.254 e. The lowest BCUT2D eigenvalue weighted by Gasteiger charge is -2.26. The molecule has 0 unspecified atom stereocenters. The molecule has 0 fully saturated rings. The SMILES string of the molecule is O=C(c1cccc(-n2cccc2)c1)N1CCc2nocc2C1. The van der Waals surface area contributed by atoms with E-state index in [1.807, 2.05) is 58.3 Å². The fourth-order valence-electron chi connectivity index (χ4n) is 2.80. The van der Waals surface area contributed by atoms with Crippen molar-refractivity contribution in [3.63, 3.8) is 0 Å². The predicted octanol–water partition coefficient (Wildman–Crippen LogP) is 2.66. The van der Waals surface area contributed by atoms with E-state index in [9.17, 15) is 4.79 Å². The first kappa shape index (κ1) is 12.9. The second-order valence-electron chi connectivity index (χ2n) is 5.40. The third kappa shape index (κ3) is 2.20. The van der Waals surface area contributed by atoms with Gasteiger partial charge in [-0.3, -0.25) is 4.79 Å². The minimum Gasteiger partial charge on any atom is -0.364 e. The Labute approximate surface area is 127 Å². The Kier molecular flexibility index (Phi) is 3.04. The van der Waals surface area contributed by atoms with Crippen molar-refractivity contribution in [3.05, 3.63) is 71.9 Å². The highest BCUT2D eigenvalue weighted by molar-refractivity contribution is 5.94. The first-order valence-electron chi connectivity index (χ1n) is 7.26. The lowest BCUT2D eigenvalue weighted by molar-refractivity contribution is 0.0734. The summed E-state index contributed by atoms with van der Waals surface area (Å²) in [4.78, 5) is 14.6. The van der Waals surface area contributed by atoms with Gasteiger partial charge in [-0.2, -0.15) is 0 Å². The fraction of sp³-hybridized carbons (Fsp3) is 0.176. The van der Waals surface area contributed by atoms with Crippen LogP contribution in [0.4, 0.5) is 0 Å². The van der Waals surface area contributed by atoms with E-state index in [1.54, 1.807) is 6.26 Å². The Morgan fingerprint density at radius 3 is 2.91 bits per heavy atom. The van der Waals surface area contributed by atoms with Crippen LogP contribution in [0, 0.1) is 0 Å². The number of aromatic nitrogens is 2. The summed E-state index contributed by atoms with van der Waals surface area (Å²) in [5.74, 6) is 0.0425. The van der Waals surface area contributed by atoms with Gasteiger partial charge < -0.3 is 14.0 Å². The minimum absolute atomic E-state index is 0.0425. The summed E-state index contributed by atoms with van der Waals surface area (Å²) in [7, 11) is 0. The van der Waals surface area contributed by atoms with Gasteiger partial charge in [0.15, 0.2) is 0 Å². The van der Waals surface area contributed by atoms with E-state index in [1.165, 1.54) is 0 Å². The van der Waals surface area contributed by atoms with Gasteiger partial charge in [-0.1, -0.05) is 11.2 Å². The lowest BCUT2D eigenvalue weighted by Crippen LogP contribution is -2.35. The molecule has 0 saturated carbocycles. The van der Waals surface area contributed by atoms with Crippen LogP contribution in [0.15, 0.2) is 59.6 Å². The van der Waals surface area contributed by atoms with E-state index in [0.717, 1.165) is 23.4 Å². The summed E-state index contributed by atoms with van der Waals surface area (Å²) < 4.78 is 6.97. The molecule has 0 spiro atoms. The number of hydrogen-bond donors (Lipinski definition) is 0. The Morgan fingerprint density at radius 2 is 2.05 bits per heavy atom. The van der Waals surface area contributed by atoms with Crippen molar-refractivity contribution in [2.75, 3.05) is 6.54 Å². The van der Waals surface area contributed by atoms with E-state index in [4.69, 9.17) is 4.52 Å². The minimum atomic E-state index is 0.0425. The average Bonchev–Trinajstić information content (AvgIpc) is 3.25. The fourth-order valence-corrected chi connectivity index (χ4v) is 2.80. The van der Waals surface area contributed by atoms with Gasteiger partial charge >= 0.3 is 0 Å². The normalized spacial score (nSPS) is 13.9. The third-order valence-electron chi connectivity index (χ3n) is 3.99. The Hall–Kier alpha value is -2.82. The van der Waals surface area contributed by atoms with Crippen LogP contribution in [0.1, 0.15) is 21.6 Å². The second-order valence-corrected chi connectivity index (χ2v) is 5.40. The van der Waals surface area contributed by atoms with Crippen LogP contribution >= 0.6 is 0 Å². The molecule has 0 bridgehead atoms. The zero-order chi connectivity index (χ0) is 14.9. The van der Waals surface area contributed by atoms with E-state index in [-0.39, 0.29) is 5.91 Å². The molecule has 22 heavy (non-hydrogen) atoms. The highest BCUT2D eigenvalue weighted by atomic mass is 16.5. The Bertz CT molecular complexity index is 805. The molecule has 2 aromatic heterocycles. The molecular weight excluding hydrogens is 278 g/mol. The third-order valence-corrected chi connectivity index (χ3v) is 3.99. The van der Waals surface area contributed by atoms with Gasteiger partial charge in [-0.15, -0.1) is 0 Å². The largest absolute Gasteiger partial charge is 0.364 e. The van der Waals surface area contributed by atoms with E-state index < -0.39 is 0 Å². The van der Waals surface area contributed by atoms with Gasteiger partial charge in [0.2, 0.25) is 0 Å². The number of carbonyl (C=O) groups excluding carboxylic acids is 1. The molecule has 3 aromatic rings. The maximum absolute atomic E-state index is 12.7. The monoisotopic (exact) mass is 293 g/mol. The highest BCUT2D eigenvalue weighted by Crippen LogP contribution is 2.20. The van der Waals surface area contributed by atoms with Gasteiger partial charge in [0.05, 0.1) is 12.2 Å². The highest BCUT2D eigenvalue weighted by Gasteiger charge is 2.24. The van der Waals surface area contributed by atoms with Crippen molar-refractivity contribution >= 4 is 5.91 Å². The van der Waals surface area contributed by atoms with Crippen molar-refractivity contribution < 1.29 is 9.32 Å². The van der Waals surface area contributed by atoms with Crippen LogP contribution in [0.5, 0.6) is 0 Å². The molecule has 0 aliphatic carbocycles. The number of carbonyl (C=O) groups is 1. The number of benzene rings is 1. The number of rotatable bonds is 2. The molecule has 5 nitrogen and oxygen atoms in total. The molecule has 3 heterocycles. The molecule has 0 saturated heterocycles. The van der Waals surface area contributed by atoms with Gasteiger partial charge in [0.1, 0.15) is 6.26 Å².